The third kappa shape index (κ3) is 3.79. The molecule has 0 aliphatic heterocycles. The molecule has 0 aliphatic carbocycles. The van der Waals surface area contributed by atoms with E-state index in [4.69, 9.17) is 9.15 Å². The zero-order valence-electron chi connectivity index (χ0n) is 13.2. The number of ether oxygens (including phenoxy) is 1. The lowest BCUT2D eigenvalue weighted by atomic mass is 10.1. The second-order valence-corrected chi connectivity index (χ2v) is 4.93. The largest absolute Gasteiger partial charge is 0.497 e. The summed E-state index contributed by atoms with van der Waals surface area (Å²) in [5.41, 5.74) is 1.04. The molecule has 0 saturated heterocycles. The van der Waals surface area contributed by atoms with Gasteiger partial charge in [0.05, 0.1) is 19.4 Å². The third-order valence-corrected chi connectivity index (χ3v) is 3.60. The lowest BCUT2D eigenvalue weighted by molar-refractivity contribution is -0.127. The minimum absolute atomic E-state index is 0.0335. The van der Waals surface area contributed by atoms with E-state index in [1.807, 2.05) is 44.2 Å². The predicted molar refractivity (Wildman–Crippen MR) is 86.5 cm³/mol. The van der Waals surface area contributed by atoms with E-state index in [2.05, 4.69) is 0 Å². The molecule has 22 heavy (non-hydrogen) atoms. The lowest BCUT2D eigenvalue weighted by Gasteiger charge is -2.27. The number of hydrogen-bond acceptors (Lipinski definition) is 3. The Morgan fingerprint density at radius 1 is 1.36 bits per heavy atom. The number of furan rings is 1. The maximum absolute atomic E-state index is 12.4. The summed E-state index contributed by atoms with van der Waals surface area (Å²) < 4.78 is 10.4. The van der Waals surface area contributed by atoms with Gasteiger partial charge in [-0.15, -0.1) is 0 Å². The molecule has 2 aromatic rings. The first-order valence-electron chi connectivity index (χ1n) is 7.31. The van der Waals surface area contributed by atoms with Gasteiger partial charge in [0.1, 0.15) is 11.5 Å². The molecule has 0 aliphatic rings. The molecule has 1 unspecified atom stereocenters. The van der Waals surface area contributed by atoms with Gasteiger partial charge in [0.2, 0.25) is 5.91 Å². The second-order valence-electron chi connectivity index (χ2n) is 4.93. The van der Waals surface area contributed by atoms with Gasteiger partial charge in [-0.3, -0.25) is 4.79 Å². The van der Waals surface area contributed by atoms with E-state index < -0.39 is 0 Å². The maximum Gasteiger partial charge on any atom is 0.247 e. The van der Waals surface area contributed by atoms with Crippen molar-refractivity contribution in [1.82, 2.24) is 4.90 Å². The van der Waals surface area contributed by atoms with Gasteiger partial charge >= 0.3 is 0 Å². The summed E-state index contributed by atoms with van der Waals surface area (Å²) in [6, 6.07) is 11.4. The lowest BCUT2D eigenvalue weighted by Crippen LogP contribution is -2.32. The SMILES string of the molecule is CCN(C(=O)/C=C/c1ccco1)C(C)c1cccc(OC)c1. The molecular formula is C18H21NO3. The van der Waals surface area contributed by atoms with Crippen LogP contribution < -0.4 is 4.74 Å². The molecular weight excluding hydrogens is 278 g/mol. The van der Waals surface area contributed by atoms with Crippen LogP contribution in [-0.2, 0) is 4.79 Å². The highest BCUT2D eigenvalue weighted by Crippen LogP contribution is 2.24. The summed E-state index contributed by atoms with van der Waals surface area (Å²) >= 11 is 0. The summed E-state index contributed by atoms with van der Waals surface area (Å²) in [5, 5.41) is 0. The molecule has 0 fully saturated rings. The molecule has 1 atom stereocenters. The molecule has 0 saturated carbocycles. The molecule has 1 amide bonds. The number of benzene rings is 1. The van der Waals surface area contributed by atoms with Gasteiger partial charge in [0.15, 0.2) is 0 Å². The van der Waals surface area contributed by atoms with Crippen LogP contribution in [0.2, 0.25) is 0 Å². The van der Waals surface area contributed by atoms with E-state index in [9.17, 15) is 4.79 Å². The van der Waals surface area contributed by atoms with Crippen LogP contribution in [0.5, 0.6) is 5.75 Å². The fraction of sp³-hybridized carbons (Fsp3) is 0.278. The Morgan fingerprint density at radius 2 is 2.18 bits per heavy atom. The van der Waals surface area contributed by atoms with Crippen molar-refractivity contribution in [2.45, 2.75) is 19.9 Å². The monoisotopic (exact) mass is 299 g/mol. The van der Waals surface area contributed by atoms with Gasteiger partial charge in [-0.05, 0) is 49.8 Å². The van der Waals surface area contributed by atoms with Crippen LogP contribution in [-0.4, -0.2) is 24.5 Å². The van der Waals surface area contributed by atoms with E-state index in [1.165, 1.54) is 0 Å². The van der Waals surface area contributed by atoms with Crippen LogP contribution in [0.4, 0.5) is 0 Å². The number of likely N-dealkylation sites (N-methyl/N-ethyl adjacent to an activating group) is 1. The van der Waals surface area contributed by atoms with E-state index in [0.717, 1.165) is 11.3 Å². The van der Waals surface area contributed by atoms with Crippen LogP contribution >= 0.6 is 0 Å². The van der Waals surface area contributed by atoms with Gasteiger partial charge in [-0.25, -0.2) is 0 Å². The highest BCUT2D eigenvalue weighted by molar-refractivity contribution is 5.91. The van der Waals surface area contributed by atoms with E-state index in [1.54, 1.807) is 36.5 Å². The minimum atomic E-state index is -0.0470. The number of carbonyl (C=O) groups is 1. The molecule has 116 valence electrons. The van der Waals surface area contributed by atoms with Crippen LogP contribution in [0.25, 0.3) is 6.08 Å². The number of methoxy groups -OCH3 is 1. The Labute approximate surface area is 131 Å². The van der Waals surface area contributed by atoms with Crippen LogP contribution in [0, 0.1) is 0 Å². The van der Waals surface area contributed by atoms with Gasteiger partial charge in [0.25, 0.3) is 0 Å². The first-order valence-corrected chi connectivity index (χ1v) is 7.31. The standard InChI is InChI=1S/C18H21NO3/c1-4-19(18(20)11-10-16-9-6-12-22-16)14(2)15-7-5-8-17(13-15)21-3/h5-14H,4H2,1-3H3/b11-10+. The summed E-state index contributed by atoms with van der Waals surface area (Å²) in [7, 11) is 1.64. The average Bonchev–Trinajstić information content (AvgIpc) is 3.07. The Bertz CT molecular complexity index is 632. The van der Waals surface area contributed by atoms with E-state index >= 15 is 0 Å². The van der Waals surface area contributed by atoms with Crippen molar-refractivity contribution in [3.63, 3.8) is 0 Å². The Morgan fingerprint density at radius 3 is 2.82 bits per heavy atom. The number of nitrogens with zero attached hydrogens (tertiary/aromatic N) is 1. The van der Waals surface area contributed by atoms with Gasteiger partial charge in [-0.2, -0.15) is 0 Å². The molecule has 4 heteroatoms. The first-order chi connectivity index (χ1) is 10.7. The van der Waals surface area contributed by atoms with E-state index in [0.29, 0.717) is 12.3 Å². The van der Waals surface area contributed by atoms with Crippen molar-refractivity contribution >= 4 is 12.0 Å². The molecule has 2 rings (SSSR count). The number of rotatable bonds is 6. The molecule has 0 N–H and O–H groups in total. The third-order valence-electron chi connectivity index (χ3n) is 3.60. The summed E-state index contributed by atoms with van der Waals surface area (Å²) in [6.07, 6.45) is 4.81. The predicted octanol–water partition coefficient (Wildman–Crippen LogP) is 3.91. The molecule has 1 aromatic carbocycles. The Balaban J connectivity index is 2.13. The fourth-order valence-electron chi connectivity index (χ4n) is 2.34. The molecule has 0 radical (unpaired) electrons. The molecule has 0 spiro atoms. The second kappa shape index (κ2) is 7.50. The van der Waals surface area contributed by atoms with Crippen molar-refractivity contribution in [1.29, 1.82) is 0 Å². The number of hydrogen-bond donors (Lipinski definition) is 0. The summed E-state index contributed by atoms with van der Waals surface area (Å²) in [5.74, 6) is 1.41. The first kappa shape index (κ1) is 15.9. The molecule has 0 bridgehead atoms. The fourth-order valence-corrected chi connectivity index (χ4v) is 2.34. The normalized spacial score (nSPS) is 12.3. The van der Waals surface area contributed by atoms with Gasteiger partial charge in [-0.1, -0.05) is 12.1 Å². The van der Waals surface area contributed by atoms with Crippen molar-refractivity contribution in [3.8, 4) is 5.75 Å². The molecule has 1 heterocycles. The van der Waals surface area contributed by atoms with E-state index in [-0.39, 0.29) is 11.9 Å². The van der Waals surface area contributed by atoms with Crippen molar-refractivity contribution < 1.29 is 13.9 Å². The zero-order chi connectivity index (χ0) is 15.9. The van der Waals surface area contributed by atoms with Crippen molar-refractivity contribution in [3.05, 3.63) is 60.1 Å². The number of carbonyl (C=O) groups excluding carboxylic acids is 1. The van der Waals surface area contributed by atoms with Crippen molar-refractivity contribution in [2.24, 2.45) is 0 Å². The number of amides is 1. The summed E-state index contributed by atoms with van der Waals surface area (Å²) in [6.45, 7) is 4.60. The van der Waals surface area contributed by atoms with Crippen molar-refractivity contribution in [2.75, 3.05) is 13.7 Å². The zero-order valence-corrected chi connectivity index (χ0v) is 13.2. The van der Waals surface area contributed by atoms with Gasteiger partial charge < -0.3 is 14.1 Å². The Kier molecular flexibility index (Phi) is 5.42. The average molecular weight is 299 g/mol. The quantitative estimate of drug-likeness (QED) is 0.759. The van der Waals surface area contributed by atoms with Crippen LogP contribution in [0.15, 0.2) is 53.2 Å². The summed E-state index contributed by atoms with van der Waals surface area (Å²) in [4.78, 5) is 14.2. The Hall–Kier alpha value is -2.49. The minimum Gasteiger partial charge on any atom is -0.497 e. The van der Waals surface area contributed by atoms with Crippen LogP contribution in [0.1, 0.15) is 31.2 Å². The highest BCUT2D eigenvalue weighted by Gasteiger charge is 2.18. The smallest absolute Gasteiger partial charge is 0.247 e. The topological polar surface area (TPSA) is 42.7 Å². The highest BCUT2D eigenvalue weighted by atomic mass is 16.5. The molecule has 4 nitrogen and oxygen atoms in total. The van der Waals surface area contributed by atoms with Gasteiger partial charge in [0, 0.05) is 12.6 Å². The maximum atomic E-state index is 12.4. The van der Waals surface area contributed by atoms with Crippen LogP contribution in [0.3, 0.4) is 0 Å². The molecule has 1 aromatic heterocycles.